The maximum Gasteiger partial charge on any atom is 0.257 e. The summed E-state index contributed by atoms with van der Waals surface area (Å²) in [6, 6.07) is 7.06. The van der Waals surface area contributed by atoms with Crippen molar-refractivity contribution >= 4 is 23.4 Å². The van der Waals surface area contributed by atoms with Crippen LogP contribution in [-0.2, 0) is 18.3 Å². The zero-order valence-electron chi connectivity index (χ0n) is 17.6. The molecule has 3 rings (SSSR count). The van der Waals surface area contributed by atoms with Gasteiger partial charge in [-0.05, 0) is 49.9 Å². The van der Waals surface area contributed by atoms with Crippen molar-refractivity contribution in [2.75, 3.05) is 33.3 Å². The molecule has 1 aromatic heterocycles. The number of fused-ring (bicyclic) bond motifs is 1. The van der Waals surface area contributed by atoms with Crippen molar-refractivity contribution in [1.82, 2.24) is 19.6 Å². The van der Waals surface area contributed by atoms with Crippen LogP contribution < -0.4 is 4.74 Å². The first-order valence-electron chi connectivity index (χ1n) is 10.4. The first kappa shape index (κ1) is 22.2. The second-order valence-electron chi connectivity index (χ2n) is 7.60. The lowest BCUT2D eigenvalue weighted by molar-refractivity contribution is -0.131. The van der Waals surface area contributed by atoms with Gasteiger partial charge in [-0.3, -0.25) is 14.3 Å². The molecule has 0 aliphatic carbocycles. The molecule has 0 bridgehead atoms. The van der Waals surface area contributed by atoms with Gasteiger partial charge in [0.1, 0.15) is 5.75 Å². The van der Waals surface area contributed by atoms with Crippen LogP contribution in [-0.4, -0.2) is 64.7 Å². The summed E-state index contributed by atoms with van der Waals surface area (Å²) in [6.45, 7) is 2.36. The fraction of sp³-hybridized carbons (Fsp3) is 0.500. The van der Waals surface area contributed by atoms with Gasteiger partial charge in [0.2, 0.25) is 5.91 Å². The zero-order valence-corrected chi connectivity index (χ0v) is 18.4. The van der Waals surface area contributed by atoms with Gasteiger partial charge in [-0.15, -0.1) is 0 Å². The summed E-state index contributed by atoms with van der Waals surface area (Å²) in [5.74, 6) is 0.572. The number of nitrogens with zero attached hydrogens (tertiary/aromatic N) is 4. The summed E-state index contributed by atoms with van der Waals surface area (Å²) in [4.78, 5) is 29.2. The van der Waals surface area contributed by atoms with E-state index in [9.17, 15) is 9.59 Å². The van der Waals surface area contributed by atoms with Crippen LogP contribution in [0.4, 0.5) is 0 Å². The molecular weight excluding hydrogens is 404 g/mol. The molecule has 0 fully saturated rings. The first-order valence-corrected chi connectivity index (χ1v) is 10.8. The Balaban J connectivity index is 1.65. The van der Waals surface area contributed by atoms with Crippen molar-refractivity contribution < 1.29 is 14.3 Å². The number of ether oxygens (including phenoxy) is 1. The number of carbonyl (C=O) groups excluding carboxylic acids is 2. The predicted molar refractivity (Wildman–Crippen MR) is 116 cm³/mol. The van der Waals surface area contributed by atoms with Crippen molar-refractivity contribution in [2.24, 2.45) is 7.05 Å². The minimum Gasteiger partial charge on any atom is -0.493 e. The number of hydrogen-bond donors (Lipinski definition) is 0. The minimum absolute atomic E-state index is 0.101. The van der Waals surface area contributed by atoms with E-state index in [0.29, 0.717) is 61.8 Å². The quantitative estimate of drug-likeness (QED) is 0.747. The first-order chi connectivity index (χ1) is 14.5. The molecule has 0 radical (unpaired) electrons. The lowest BCUT2D eigenvalue weighted by Crippen LogP contribution is -2.34. The van der Waals surface area contributed by atoms with Crippen LogP contribution >= 0.6 is 11.6 Å². The molecule has 0 unspecified atom stereocenters. The third kappa shape index (κ3) is 5.75. The standard InChI is InChI=1S/C22H29ClN4O3/c1-25-12-3-4-13-27(21(28)9-7-18-10-11-24-26(18)2)14-5-15-30-20-8-6-17(23)16-19(20)22(25)29/h6,8,10-11,16H,3-5,7,9,12-15H2,1-2H3. The topological polar surface area (TPSA) is 67.7 Å². The summed E-state index contributed by atoms with van der Waals surface area (Å²) in [7, 11) is 3.67. The molecule has 0 atom stereocenters. The Bertz CT molecular complexity index is 883. The fourth-order valence-corrected chi connectivity index (χ4v) is 3.76. The van der Waals surface area contributed by atoms with E-state index in [4.69, 9.17) is 16.3 Å². The molecule has 1 aliphatic heterocycles. The minimum atomic E-state index is -0.101. The van der Waals surface area contributed by atoms with Crippen LogP contribution in [0.3, 0.4) is 0 Å². The largest absolute Gasteiger partial charge is 0.493 e. The maximum atomic E-state index is 12.8. The highest BCUT2D eigenvalue weighted by molar-refractivity contribution is 6.31. The van der Waals surface area contributed by atoms with E-state index in [1.54, 1.807) is 41.0 Å². The number of amides is 2. The molecular formula is C22H29ClN4O3. The average Bonchev–Trinajstić information content (AvgIpc) is 3.15. The average molecular weight is 433 g/mol. The highest BCUT2D eigenvalue weighted by atomic mass is 35.5. The maximum absolute atomic E-state index is 12.8. The Labute approximate surface area is 182 Å². The van der Waals surface area contributed by atoms with Crippen LogP contribution in [0, 0.1) is 0 Å². The van der Waals surface area contributed by atoms with Gasteiger partial charge in [-0.1, -0.05) is 11.6 Å². The Hall–Kier alpha value is -2.54. The Morgan fingerprint density at radius 2 is 1.90 bits per heavy atom. The van der Waals surface area contributed by atoms with E-state index in [2.05, 4.69) is 5.10 Å². The summed E-state index contributed by atoms with van der Waals surface area (Å²) < 4.78 is 7.68. The number of rotatable bonds is 3. The highest BCUT2D eigenvalue weighted by Crippen LogP contribution is 2.25. The molecule has 0 saturated carbocycles. The van der Waals surface area contributed by atoms with Crippen molar-refractivity contribution in [3.63, 3.8) is 0 Å². The van der Waals surface area contributed by atoms with Crippen molar-refractivity contribution in [1.29, 1.82) is 0 Å². The molecule has 8 heteroatoms. The lowest BCUT2D eigenvalue weighted by atomic mass is 10.1. The number of hydrogen-bond acceptors (Lipinski definition) is 4. The smallest absolute Gasteiger partial charge is 0.257 e. The van der Waals surface area contributed by atoms with E-state index >= 15 is 0 Å². The van der Waals surface area contributed by atoms with Crippen LogP contribution in [0.1, 0.15) is 41.7 Å². The Morgan fingerprint density at radius 1 is 1.13 bits per heavy atom. The van der Waals surface area contributed by atoms with Crippen LogP contribution in [0.5, 0.6) is 5.75 Å². The molecule has 162 valence electrons. The second-order valence-corrected chi connectivity index (χ2v) is 8.04. The monoisotopic (exact) mass is 432 g/mol. The van der Waals surface area contributed by atoms with E-state index < -0.39 is 0 Å². The Kier molecular flexibility index (Phi) is 7.74. The molecule has 2 heterocycles. The Morgan fingerprint density at radius 3 is 2.67 bits per heavy atom. The molecule has 0 saturated heterocycles. The zero-order chi connectivity index (χ0) is 21.5. The summed E-state index contributed by atoms with van der Waals surface area (Å²) in [5.41, 5.74) is 1.53. The van der Waals surface area contributed by atoms with Gasteiger partial charge in [-0.25, -0.2) is 0 Å². The molecule has 1 aliphatic rings. The number of benzene rings is 1. The van der Waals surface area contributed by atoms with Crippen molar-refractivity contribution in [2.45, 2.75) is 32.1 Å². The van der Waals surface area contributed by atoms with Gasteiger partial charge in [-0.2, -0.15) is 5.10 Å². The van der Waals surface area contributed by atoms with E-state index in [1.165, 1.54) is 0 Å². The van der Waals surface area contributed by atoms with Gasteiger partial charge in [0, 0.05) is 57.1 Å². The van der Waals surface area contributed by atoms with Gasteiger partial charge in [0.25, 0.3) is 5.91 Å². The summed E-state index contributed by atoms with van der Waals surface area (Å²) in [5, 5.41) is 4.67. The molecule has 7 nitrogen and oxygen atoms in total. The lowest BCUT2D eigenvalue weighted by Gasteiger charge is -2.23. The van der Waals surface area contributed by atoms with Crippen LogP contribution in [0.25, 0.3) is 0 Å². The number of aryl methyl sites for hydroxylation is 2. The third-order valence-electron chi connectivity index (χ3n) is 5.39. The van der Waals surface area contributed by atoms with Crippen LogP contribution in [0.15, 0.2) is 30.5 Å². The van der Waals surface area contributed by atoms with Gasteiger partial charge >= 0.3 is 0 Å². The molecule has 30 heavy (non-hydrogen) atoms. The van der Waals surface area contributed by atoms with E-state index in [-0.39, 0.29) is 11.8 Å². The van der Waals surface area contributed by atoms with Crippen molar-refractivity contribution in [3.8, 4) is 5.75 Å². The fourth-order valence-electron chi connectivity index (χ4n) is 3.59. The van der Waals surface area contributed by atoms with Gasteiger partial charge < -0.3 is 14.5 Å². The summed E-state index contributed by atoms with van der Waals surface area (Å²) in [6.07, 6.45) is 5.25. The normalized spacial score (nSPS) is 16.2. The van der Waals surface area contributed by atoms with Gasteiger partial charge in [0.15, 0.2) is 0 Å². The van der Waals surface area contributed by atoms with Crippen LogP contribution in [0.2, 0.25) is 5.02 Å². The molecule has 1 aromatic carbocycles. The van der Waals surface area contributed by atoms with E-state index in [1.807, 2.05) is 18.0 Å². The molecule has 2 aromatic rings. The third-order valence-corrected chi connectivity index (χ3v) is 5.63. The van der Waals surface area contributed by atoms with Crippen molar-refractivity contribution in [3.05, 3.63) is 46.7 Å². The number of carbonyl (C=O) groups is 2. The SMILES string of the molecule is CN1CCCCN(C(=O)CCc2ccnn2C)CCCOc2ccc(Cl)cc2C1=O. The number of aromatic nitrogens is 2. The number of halogens is 1. The molecule has 0 spiro atoms. The summed E-state index contributed by atoms with van der Waals surface area (Å²) >= 11 is 6.10. The van der Waals surface area contributed by atoms with Gasteiger partial charge in [0.05, 0.1) is 12.2 Å². The second kappa shape index (κ2) is 10.5. The predicted octanol–water partition coefficient (Wildman–Crippen LogP) is 3.17. The molecule has 2 amide bonds. The van der Waals surface area contributed by atoms with E-state index in [0.717, 1.165) is 18.5 Å². The highest BCUT2D eigenvalue weighted by Gasteiger charge is 2.19. The molecule has 0 N–H and O–H groups in total.